The lowest BCUT2D eigenvalue weighted by atomic mass is 9.95. The van der Waals surface area contributed by atoms with E-state index in [1.54, 1.807) is 12.3 Å². The standard InChI is InChI=1S/C25H23FN6O3/c1-14(16-3-4-18(26)22-17(24(33)27-2)5-6-28-23(16)22)11-29-21-10-19(31-13-32-21)15-9-20-25(30-12-15)35-8-7-34-20/h3-6,9-10,12-14H,7-8,11H2,1-2H3,(H,27,33)(H,29,31,32)/t14-/m1/s1. The van der Waals surface area contributed by atoms with Crippen molar-refractivity contribution < 1.29 is 18.7 Å². The molecule has 0 unspecified atom stereocenters. The van der Waals surface area contributed by atoms with E-state index in [-0.39, 0.29) is 22.8 Å². The molecule has 0 bridgehead atoms. The molecule has 0 fully saturated rings. The van der Waals surface area contributed by atoms with Gasteiger partial charge in [0.1, 0.15) is 31.2 Å². The van der Waals surface area contributed by atoms with Crippen molar-refractivity contribution in [2.24, 2.45) is 0 Å². The number of benzene rings is 1. The summed E-state index contributed by atoms with van der Waals surface area (Å²) in [5.41, 5.74) is 3.01. The van der Waals surface area contributed by atoms with Gasteiger partial charge >= 0.3 is 0 Å². The van der Waals surface area contributed by atoms with Gasteiger partial charge in [-0.25, -0.2) is 19.3 Å². The molecule has 0 radical (unpaired) electrons. The Balaban J connectivity index is 1.37. The highest BCUT2D eigenvalue weighted by atomic mass is 19.1. The highest BCUT2D eigenvalue weighted by molar-refractivity contribution is 6.06. The fourth-order valence-corrected chi connectivity index (χ4v) is 4.02. The Bertz CT molecular complexity index is 1410. The van der Waals surface area contributed by atoms with Crippen LogP contribution in [0.1, 0.15) is 28.8 Å². The minimum Gasteiger partial charge on any atom is -0.484 e. The SMILES string of the molecule is CNC(=O)c1ccnc2c([C@H](C)CNc3cc(-c4cnc5c(c4)OCCO5)ncn3)ccc(F)c12. The van der Waals surface area contributed by atoms with Crippen LogP contribution in [0.2, 0.25) is 0 Å². The second kappa shape index (κ2) is 9.49. The van der Waals surface area contributed by atoms with Crippen LogP contribution >= 0.6 is 0 Å². The van der Waals surface area contributed by atoms with Gasteiger partial charge in [0.2, 0.25) is 0 Å². The zero-order valence-corrected chi connectivity index (χ0v) is 19.2. The van der Waals surface area contributed by atoms with E-state index in [0.29, 0.717) is 48.4 Å². The van der Waals surface area contributed by atoms with Crippen LogP contribution in [0.4, 0.5) is 10.2 Å². The van der Waals surface area contributed by atoms with Crippen LogP contribution in [0.3, 0.4) is 0 Å². The van der Waals surface area contributed by atoms with Crippen LogP contribution in [0.5, 0.6) is 11.6 Å². The summed E-state index contributed by atoms with van der Waals surface area (Å²) in [4.78, 5) is 29.6. The molecule has 4 heterocycles. The third kappa shape index (κ3) is 4.42. The first-order valence-electron chi connectivity index (χ1n) is 11.2. The van der Waals surface area contributed by atoms with E-state index < -0.39 is 5.82 Å². The normalized spacial score (nSPS) is 13.3. The van der Waals surface area contributed by atoms with Gasteiger partial charge in [-0.1, -0.05) is 13.0 Å². The van der Waals surface area contributed by atoms with Crippen molar-refractivity contribution in [2.75, 3.05) is 32.1 Å². The van der Waals surface area contributed by atoms with Gasteiger partial charge in [-0.15, -0.1) is 0 Å². The van der Waals surface area contributed by atoms with Crippen LogP contribution < -0.4 is 20.1 Å². The first kappa shape index (κ1) is 22.5. The summed E-state index contributed by atoms with van der Waals surface area (Å²) in [7, 11) is 1.51. The molecule has 178 valence electrons. The zero-order valence-electron chi connectivity index (χ0n) is 19.2. The van der Waals surface area contributed by atoms with E-state index >= 15 is 0 Å². The molecule has 0 spiro atoms. The monoisotopic (exact) mass is 474 g/mol. The first-order chi connectivity index (χ1) is 17.0. The number of pyridine rings is 2. The Morgan fingerprint density at radius 3 is 2.83 bits per heavy atom. The van der Waals surface area contributed by atoms with Crippen LogP contribution in [0.15, 0.2) is 49.1 Å². The van der Waals surface area contributed by atoms with Crippen LogP contribution in [-0.2, 0) is 0 Å². The Kier molecular flexibility index (Phi) is 6.09. The van der Waals surface area contributed by atoms with E-state index in [4.69, 9.17) is 9.47 Å². The molecule has 0 saturated heterocycles. The molecule has 2 N–H and O–H groups in total. The van der Waals surface area contributed by atoms with Crippen molar-refractivity contribution in [1.82, 2.24) is 25.3 Å². The van der Waals surface area contributed by atoms with E-state index in [9.17, 15) is 9.18 Å². The van der Waals surface area contributed by atoms with Crippen molar-refractivity contribution in [3.8, 4) is 22.9 Å². The number of carbonyl (C=O) groups excluding carboxylic acids is 1. The van der Waals surface area contributed by atoms with Crippen LogP contribution in [-0.4, -0.2) is 52.6 Å². The zero-order chi connectivity index (χ0) is 24.4. The van der Waals surface area contributed by atoms with E-state index in [2.05, 4.69) is 30.6 Å². The number of carbonyl (C=O) groups is 1. The summed E-state index contributed by atoms with van der Waals surface area (Å²) in [5, 5.41) is 6.08. The van der Waals surface area contributed by atoms with Gasteiger partial charge in [0.15, 0.2) is 5.75 Å². The third-order valence-electron chi connectivity index (χ3n) is 5.83. The molecule has 3 aromatic heterocycles. The molecular weight excluding hydrogens is 451 g/mol. The summed E-state index contributed by atoms with van der Waals surface area (Å²) in [6.07, 6.45) is 4.68. The smallest absolute Gasteiger partial charge is 0.257 e. The van der Waals surface area contributed by atoms with E-state index in [0.717, 1.165) is 11.1 Å². The predicted molar refractivity (Wildman–Crippen MR) is 128 cm³/mol. The third-order valence-corrected chi connectivity index (χ3v) is 5.83. The quantitative estimate of drug-likeness (QED) is 0.436. The molecule has 9 nitrogen and oxygen atoms in total. The number of ether oxygens (including phenoxy) is 2. The number of hydrogen-bond acceptors (Lipinski definition) is 8. The lowest BCUT2D eigenvalue weighted by Crippen LogP contribution is -2.19. The number of amides is 1. The highest BCUT2D eigenvalue weighted by Crippen LogP contribution is 2.32. The number of rotatable bonds is 6. The summed E-state index contributed by atoms with van der Waals surface area (Å²) >= 11 is 0. The number of anilines is 1. The summed E-state index contributed by atoms with van der Waals surface area (Å²) in [6, 6.07) is 8.27. The first-order valence-corrected chi connectivity index (χ1v) is 11.2. The minimum absolute atomic E-state index is 0.0556. The van der Waals surface area contributed by atoms with Gasteiger partial charge in [0, 0.05) is 48.9 Å². The summed E-state index contributed by atoms with van der Waals surface area (Å²) < 4.78 is 25.8. The molecule has 4 aromatic rings. The molecule has 35 heavy (non-hydrogen) atoms. The molecule has 1 aliphatic heterocycles. The molecule has 0 aliphatic carbocycles. The van der Waals surface area contributed by atoms with E-state index in [1.807, 2.05) is 19.1 Å². The van der Waals surface area contributed by atoms with Crippen LogP contribution in [0, 0.1) is 5.82 Å². The molecule has 1 aliphatic rings. The van der Waals surface area contributed by atoms with Crippen molar-refractivity contribution in [2.45, 2.75) is 12.8 Å². The van der Waals surface area contributed by atoms with Crippen molar-refractivity contribution in [1.29, 1.82) is 0 Å². The van der Waals surface area contributed by atoms with Crippen LogP contribution in [0.25, 0.3) is 22.2 Å². The number of nitrogens with zero attached hydrogens (tertiary/aromatic N) is 4. The van der Waals surface area contributed by atoms with Gasteiger partial charge in [0.25, 0.3) is 11.8 Å². The molecule has 10 heteroatoms. The number of nitrogens with one attached hydrogen (secondary N) is 2. The number of halogens is 1. The van der Waals surface area contributed by atoms with Crippen molar-refractivity contribution >= 4 is 22.6 Å². The topological polar surface area (TPSA) is 111 Å². The molecule has 1 atom stereocenters. The Hall–Kier alpha value is -4.34. The largest absolute Gasteiger partial charge is 0.484 e. The van der Waals surface area contributed by atoms with Gasteiger partial charge in [-0.05, 0) is 23.8 Å². The second-order valence-corrected chi connectivity index (χ2v) is 8.09. The maximum atomic E-state index is 14.7. The number of fused-ring (bicyclic) bond motifs is 2. The molecular formula is C25H23FN6O3. The Labute approximate surface area is 200 Å². The number of aromatic nitrogens is 4. The molecule has 5 rings (SSSR count). The second-order valence-electron chi connectivity index (χ2n) is 8.09. The summed E-state index contributed by atoms with van der Waals surface area (Å²) in [6.45, 7) is 3.46. The van der Waals surface area contributed by atoms with Gasteiger partial charge in [-0.3, -0.25) is 9.78 Å². The van der Waals surface area contributed by atoms with Crippen molar-refractivity contribution in [3.63, 3.8) is 0 Å². The molecule has 0 saturated carbocycles. The molecule has 1 aromatic carbocycles. The summed E-state index contributed by atoms with van der Waals surface area (Å²) in [5.74, 6) is 0.788. The molecule has 1 amide bonds. The lowest BCUT2D eigenvalue weighted by molar-refractivity contribution is 0.0964. The van der Waals surface area contributed by atoms with Gasteiger partial charge < -0.3 is 20.1 Å². The maximum absolute atomic E-state index is 14.7. The number of hydrogen-bond donors (Lipinski definition) is 2. The van der Waals surface area contributed by atoms with E-state index in [1.165, 1.54) is 31.7 Å². The predicted octanol–water partition coefficient (Wildman–Crippen LogP) is 3.57. The lowest BCUT2D eigenvalue weighted by Gasteiger charge is -2.18. The van der Waals surface area contributed by atoms with Crippen molar-refractivity contribution in [3.05, 3.63) is 66.0 Å². The average Bonchev–Trinajstić information content (AvgIpc) is 2.91. The fourth-order valence-electron chi connectivity index (χ4n) is 4.02. The fraction of sp³-hybridized carbons (Fsp3) is 0.240. The Morgan fingerprint density at radius 1 is 1.11 bits per heavy atom. The minimum atomic E-state index is -0.482. The van der Waals surface area contributed by atoms with Gasteiger partial charge in [-0.2, -0.15) is 0 Å². The average molecular weight is 474 g/mol. The maximum Gasteiger partial charge on any atom is 0.257 e. The highest BCUT2D eigenvalue weighted by Gasteiger charge is 2.19. The Morgan fingerprint density at radius 2 is 1.97 bits per heavy atom. The van der Waals surface area contributed by atoms with Gasteiger partial charge in [0.05, 0.1) is 16.8 Å².